The number of ether oxygens (including phenoxy) is 1. The molecule has 0 unspecified atom stereocenters. The molecule has 2 saturated carbocycles. The zero-order valence-electron chi connectivity index (χ0n) is 10.2. The zero-order chi connectivity index (χ0) is 11.4. The van der Waals surface area contributed by atoms with Crippen LogP contribution in [0.1, 0.15) is 44.9 Å². The van der Waals surface area contributed by atoms with Crippen LogP contribution in [0.2, 0.25) is 0 Å². The molecule has 0 saturated heterocycles. The quantitative estimate of drug-likeness (QED) is 0.736. The summed E-state index contributed by atoms with van der Waals surface area (Å²) in [5.41, 5.74) is 5.21. The minimum atomic E-state index is -0.551. The number of carbonyl (C=O) groups excluding carboxylic acids is 1. The Balaban J connectivity index is 0.00000144. The van der Waals surface area contributed by atoms with Crippen molar-refractivity contribution in [1.82, 2.24) is 5.32 Å². The predicted molar refractivity (Wildman–Crippen MR) is 69.2 cm³/mol. The van der Waals surface area contributed by atoms with Crippen molar-refractivity contribution in [3.05, 3.63) is 0 Å². The average molecular weight is 263 g/mol. The first-order valence-electron chi connectivity index (χ1n) is 6.39. The molecule has 2 aliphatic carbocycles. The lowest BCUT2D eigenvalue weighted by atomic mass is 9.98. The Bertz CT molecular complexity index is 251. The molecule has 2 aliphatic rings. The van der Waals surface area contributed by atoms with Crippen molar-refractivity contribution < 1.29 is 9.53 Å². The summed E-state index contributed by atoms with van der Waals surface area (Å²) in [4.78, 5) is 11.5. The molecule has 4 nitrogen and oxygen atoms in total. The van der Waals surface area contributed by atoms with Crippen LogP contribution >= 0.6 is 12.4 Å². The Morgan fingerprint density at radius 2 is 1.94 bits per heavy atom. The molecule has 5 heteroatoms. The number of rotatable bonds is 5. The zero-order valence-corrected chi connectivity index (χ0v) is 11.1. The maximum absolute atomic E-state index is 11.5. The molecule has 0 radical (unpaired) electrons. The third-order valence-corrected chi connectivity index (χ3v) is 3.53. The standard InChI is InChI=1S/C12H22N2O2.ClH/c13-12(6-7-12)11(15)14-8-9-16-10-4-2-1-3-5-10;/h10H,1-9,13H2,(H,14,15);1H. The van der Waals surface area contributed by atoms with E-state index in [0.717, 1.165) is 12.8 Å². The van der Waals surface area contributed by atoms with E-state index < -0.39 is 5.54 Å². The molecule has 17 heavy (non-hydrogen) atoms. The number of hydrogen-bond donors (Lipinski definition) is 2. The van der Waals surface area contributed by atoms with Gasteiger partial charge in [0, 0.05) is 6.54 Å². The Morgan fingerprint density at radius 1 is 1.29 bits per heavy atom. The smallest absolute Gasteiger partial charge is 0.240 e. The number of hydrogen-bond acceptors (Lipinski definition) is 3. The van der Waals surface area contributed by atoms with Gasteiger partial charge in [-0.3, -0.25) is 4.79 Å². The lowest BCUT2D eigenvalue weighted by molar-refractivity contribution is -0.123. The van der Waals surface area contributed by atoms with Crippen LogP contribution in [-0.2, 0) is 9.53 Å². The lowest BCUT2D eigenvalue weighted by Crippen LogP contribution is -2.44. The van der Waals surface area contributed by atoms with Crippen molar-refractivity contribution in [2.45, 2.75) is 56.6 Å². The van der Waals surface area contributed by atoms with Crippen LogP contribution in [0, 0.1) is 0 Å². The van der Waals surface area contributed by atoms with Crippen LogP contribution in [0.15, 0.2) is 0 Å². The van der Waals surface area contributed by atoms with Crippen molar-refractivity contribution >= 4 is 18.3 Å². The third kappa shape index (κ3) is 4.45. The maximum atomic E-state index is 11.5. The predicted octanol–water partition coefficient (Wildman–Crippen LogP) is 1.36. The van der Waals surface area contributed by atoms with Crippen molar-refractivity contribution in [3.63, 3.8) is 0 Å². The van der Waals surface area contributed by atoms with E-state index in [1.54, 1.807) is 0 Å². The summed E-state index contributed by atoms with van der Waals surface area (Å²) in [6, 6.07) is 0. The van der Waals surface area contributed by atoms with E-state index in [2.05, 4.69) is 5.32 Å². The van der Waals surface area contributed by atoms with Gasteiger partial charge in [0.05, 0.1) is 18.2 Å². The molecule has 2 rings (SSSR count). The van der Waals surface area contributed by atoms with Crippen molar-refractivity contribution in [3.8, 4) is 0 Å². The Morgan fingerprint density at radius 3 is 2.53 bits per heavy atom. The van der Waals surface area contributed by atoms with Gasteiger partial charge in [-0.1, -0.05) is 19.3 Å². The van der Waals surface area contributed by atoms with Crippen LogP contribution in [0.5, 0.6) is 0 Å². The van der Waals surface area contributed by atoms with Crippen LogP contribution in [0.25, 0.3) is 0 Å². The minimum absolute atomic E-state index is 0. The Kier molecular flexibility index (Phi) is 5.70. The van der Waals surface area contributed by atoms with Crippen LogP contribution in [0.4, 0.5) is 0 Å². The third-order valence-electron chi connectivity index (χ3n) is 3.53. The molecule has 0 aromatic carbocycles. The molecule has 0 heterocycles. The highest BCUT2D eigenvalue weighted by Gasteiger charge is 2.45. The Labute approximate surface area is 109 Å². The summed E-state index contributed by atoms with van der Waals surface area (Å²) < 4.78 is 5.71. The van der Waals surface area contributed by atoms with Gasteiger partial charge in [-0.2, -0.15) is 0 Å². The second-order valence-corrected chi connectivity index (χ2v) is 5.04. The molecule has 1 amide bonds. The highest BCUT2D eigenvalue weighted by Crippen LogP contribution is 2.31. The van der Waals surface area contributed by atoms with Gasteiger partial charge in [-0.05, 0) is 25.7 Å². The van der Waals surface area contributed by atoms with Gasteiger partial charge < -0.3 is 15.8 Å². The van der Waals surface area contributed by atoms with Gasteiger partial charge in [-0.15, -0.1) is 12.4 Å². The van der Waals surface area contributed by atoms with E-state index in [9.17, 15) is 4.79 Å². The van der Waals surface area contributed by atoms with E-state index in [1.165, 1.54) is 32.1 Å². The lowest BCUT2D eigenvalue weighted by Gasteiger charge is -2.22. The van der Waals surface area contributed by atoms with Gasteiger partial charge in [0.25, 0.3) is 0 Å². The SMILES string of the molecule is Cl.NC1(C(=O)NCCOC2CCCCC2)CC1. The van der Waals surface area contributed by atoms with Crippen molar-refractivity contribution in [1.29, 1.82) is 0 Å². The molecule has 0 aromatic rings. The second kappa shape index (κ2) is 6.57. The first-order chi connectivity index (χ1) is 7.71. The van der Waals surface area contributed by atoms with Gasteiger partial charge in [-0.25, -0.2) is 0 Å². The number of amides is 1. The molecule has 0 aromatic heterocycles. The normalized spacial score (nSPS) is 22.6. The van der Waals surface area contributed by atoms with Gasteiger partial charge >= 0.3 is 0 Å². The molecule has 0 spiro atoms. The average Bonchev–Trinajstić information content (AvgIpc) is 3.05. The number of nitrogens with two attached hydrogens (primary N) is 1. The van der Waals surface area contributed by atoms with E-state index in [4.69, 9.17) is 10.5 Å². The summed E-state index contributed by atoms with van der Waals surface area (Å²) in [5, 5.41) is 2.84. The second-order valence-electron chi connectivity index (χ2n) is 5.04. The topological polar surface area (TPSA) is 64.4 Å². The first kappa shape index (κ1) is 14.7. The van der Waals surface area contributed by atoms with E-state index in [1.807, 2.05) is 0 Å². The van der Waals surface area contributed by atoms with Crippen LogP contribution in [0.3, 0.4) is 0 Å². The highest BCUT2D eigenvalue weighted by atomic mass is 35.5. The number of carbonyl (C=O) groups is 1. The van der Waals surface area contributed by atoms with E-state index >= 15 is 0 Å². The Hall–Kier alpha value is -0.320. The van der Waals surface area contributed by atoms with E-state index in [-0.39, 0.29) is 18.3 Å². The van der Waals surface area contributed by atoms with E-state index in [0.29, 0.717) is 19.3 Å². The molecular formula is C12H23ClN2O2. The first-order valence-corrected chi connectivity index (χ1v) is 6.39. The molecule has 2 fully saturated rings. The minimum Gasteiger partial charge on any atom is -0.376 e. The number of halogens is 1. The van der Waals surface area contributed by atoms with Gasteiger partial charge in [0.2, 0.25) is 5.91 Å². The molecule has 100 valence electrons. The highest BCUT2D eigenvalue weighted by molar-refractivity contribution is 5.88. The molecule has 0 aliphatic heterocycles. The van der Waals surface area contributed by atoms with Gasteiger partial charge in [0.15, 0.2) is 0 Å². The van der Waals surface area contributed by atoms with Gasteiger partial charge in [0.1, 0.15) is 0 Å². The van der Waals surface area contributed by atoms with Crippen molar-refractivity contribution in [2.24, 2.45) is 5.73 Å². The fraction of sp³-hybridized carbons (Fsp3) is 0.917. The van der Waals surface area contributed by atoms with Crippen LogP contribution < -0.4 is 11.1 Å². The fourth-order valence-electron chi connectivity index (χ4n) is 2.16. The molecule has 3 N–H and O–H groups in total. The fourth-order valence-corrected chi connectivity index (χ4v) is 2.16. The maximum Gasteiger partial charge on any atom is 0.240 e. The molecule has 0 bridgehead atoms. The molecule has 0 atom stereocenters. The summed E-state index contributed by atoms with van der Waals surface area (Å²) >= 11 is 0. The summed E-state index contributed by atoms with van der Waals surface area (Å²) in [5.74, 6) is -0.0141. The van der Waals surface area contributed by atoms with Crippen molar-refractivity contribution in [2.75, 3.05) is 13.2 Å². The van der Waals surface area contributed by atoms with Crippen LogP contribution in [-0.4, -0.2) is 30.7 Å². The summed E-state index contributed by atoms with van der Waals surface area (Å²) in [7, 11) is 0. The molecular weight excluding hydrogens is 240 g/mol. The largest absolute Gasteiger partial charge is 0.376 e. The summed E-state index contributed by atoms with van der Waals surface area (Å²) in [6.07, 6.45) is 8.31. The monoisotopic (exact) mass is 262 g/mol. The number of nitrogens with one attached hydrogen (secondary N) is 1. The summed E-state index contributed by atoms with van der Waals surface area (Å²) in [6.45, 7) is 1.21.